The topological polar surface area (TPSA) is 78.4 Å². The van der Waals surface area contributed by atoms with E-state index in [9.17, 15) is 4.79 Å². The third-order valence-electron chi connectivity index (χ3n) is 5.06. The van der Waals surface area contributed by atoms with E-state index >= 15 is 0 Å². The number of guanidine groups is 1. The minimum Gasteiger partial charge on any atom is -0.497 e. The van der Waals surface area contributed by atoms with Gasteiger partial charge in [0, 0.05) is 46.3 Å². The smallest absolute Gasteiger partial charge is 0.410 e. The Morgan fingerprint density at radius 2 is 1.69 bits per heavy atom. The number of piperazine rings is 1. The normalized spacial score (nSPS) is 15.0. The number of ether oxygens (including phenoxy) is 2. The van der Waals surface area contributed by atoms with Gasteiger partial charge in [0.05, 0.1) is 7.11 Å². The molecule has 0 radical (unpaired) electrons. The second kappa shape index (κ2) is 14.4. The minimum absolute atomic E-state index is 0. The van der Waals surface area contributed by atoms with E-state index in [1.54, 1.807) is 19.1 Å². The van der Waals surface area contributed by atoms with Gasteiger partial charge in [-0.2, -0.15) is 0 Å². The molecule has 0 atom stereocenters. The lowest BCUT2D eigenvalue weighted by Crippen LogP contribution is -2.50. The van der Waals surface area contributed by atoms with Crippen LogP contribution in [0.2, 0.25) is 0 Å². The summed E-state index contributed by atoms with van der Waals surface area (Å²) in [6.07, 6.45) is 1.73. The summed E-state index contributed by atoms with van der Waals surface area (Å²) in [7, 11) is 3.47. The second-order valence-electron chi connectivity index (χ2n) is 8.69. The van der Waals surface area contributed by atoms with Gasteiger partial charge in [0.15, 0.2) is 5.96 Å². The summed E-state index contributed by atoms with van der Waals surface area (Å²) in [6, 6.07) is 8.13. The third-order valence-corrected chi connectivity index (χ3v) is 5.06. The number of rotatable bonds is 8. The average Bonchev–Trinajstić information content (AvgIpc) is 2.75. The lowest BCUT2D eigenvalue weighted by Gasteiger charge is -2.35. The maximum Gasteiger partial charge on any atom is 0.410 e. The molecule has 1 heterocycles. The molecule has 1 saturated heterocycles. The summed E-state index contributed by atoms with van der Waals surface area (Å²) < 4.78 is 10.6. The Labute approximate surface area is 210 Å². The summed E-state index contributed by atoms with van der Waals surface area (Å²) in [4.78, 5) is 20.6. The number of amides is 1. The van der Waals surface area contributed by atoms with Crippen molar-refractivity contribution in [3.8, 4) is 5.75 Å². The number of carbonyl (C=O) groups is 1. The van der Waals surface area contributed by atoms with E-state index in [1.807, 2.05) is 32.9 Å². The molecule has 182 valence electrons. The van der Waals surface area contributed by atoms with Crippen LogP contribution in [0.1, 0.15) is 32.8 Å². The van der Waals surface area contributed by atoms with Crippen LogP contribution in [0.5, 0.6) is 5.75 Å². The van der Waals surface area contributed by atoms with Crippen LogP contribution in [0.3, 0.4) is 0 Å². The van der Waals surface area contributed by atoms with Crippen molar-refractivity contribution in [3.05, 3.63) is 29.8 Å². The number of nitrogens with one attached hydrogen (secondary N) is 2. The highest BCUT2D eigenvalue weighted by Gasteiger charge is 2.25. The molecule has 9 heteroatoms. The standard InChI is InChI=1S/C23H39N5O3.HI/c1-23(2,3)31-22(29)28-17-15-27(16-18-28)14-6-12-25-21(24-4)26-13-11-19-7-9-20(30-5)10-8-19;/h7-10H,6,11-18H2,1-5H3,(H2,24,25,26);1H. The van der Waals surface area contributed by atoms with Crippen LogP contribution in [0.25, 0.3) is 0 Å². The fourth-order valence-electron chi connectivity index (χ4n) is 3.33. The number of carbonyl (C=O) groups excluding carboxylic acids is 1. The van der Waals surface area contributed by atoms with Gasteiger partial charge >= 0.3 is 6.09 Å². The van der Waals surface area contributed by atoms with E-state index in [1.165, 1.54) is 5.56 Å². The number of methoxy groups -OCH3 is 1. The van der Waals surface area contributed by atoms with E-state index in [4.69, 9.17) is 9.47 Å². The third kappa shape index (κ3) is 10.7. The second-order valence-corrected chi connectivity index (χ2v) is 8.69. The van der Waals surface area contributed by atoms with Crippen molar-refractivity contribution in [1.29, 1.82) is 0 Å². The molecular formula is C23H40IN5O3. The van der Waals surface area contributed by atoms with Crippen LogP contribution in [0.4, 0.5) is 4.79 Å². The van der Waals surface area contributed by atoms with Crippen molar-refractivity contribution in [3.63, 3.8) is 0 Å². The summed E-state index contributed by atoms with van der Waals surface area (Å²) in [5.41, 5.74) is 0.815. The highest BCUT2D eigenvalue weighted by molar-refractivity contribution is 14.0. The van der Waals surface area contributed by atoms with Gasteiger partial charge in [-0.15, -0.1) is 24.0 Å². The summed E-state index contributed by atoms with van der Waals surface area (Å²) in [6.45, 7) is 11.6. The Bertz CT molecular complexity index is 699. The highest BCUT2D eigenvalue weighted by atomic mass is 127. The zero-order valence-corrected chi connectivity index (χ0v) is 22.5. The van der Waals surface area contributed by atoms with Crippen LogP contribution in [-0.2, 0) is 11.2 Å². The first-order valence-corrected chi connectivity index (χ1v) is 11.1. The molecule has 1 aliphatic rings. The number of nitrogens with zero attached hydrogens (tertiary/aromatic N) is 3. The Kier molecular flexibility index (Phi) is 12.7. The Hall–Kier alpha value is -1.75. The molecule has 8 nitrogen and oxygen atoms in total. The molecule has 0 unspecified atom stereocenters. The first-order chi connectivity index (χ1) is 14.8. The van der Waals surface area contributed by atoms with E-state index in [2.05, 4.69) is 32.7 Å². The van der Waals surface area contributed by atoms with Gasteiger partial charge in [-0.1, -0.05) is 12.1 Å². The van der Waals surface area contributed by atoms with E-state index in [0.717, 1.165) is 70.4 Å². The monoisotopic (exact) mass is 561 g/mol. The number of hydrogen-bond acceptors (Lipinski definition) is 5. The Balaban J connectivity index is 0.00000512. The Morgan fingerprint density at radius 1 is 1.06 bits per heavy atom. The molecule has 2 rings (SSSR count). The molecule has 1 fully saturated rings. The predicted octanol–water partition coefficient (Wildman–Crippen LogP) is 2.96. The van der Waals surface area contributed by atoms with Crippen molar-refractivity contribution in [1.82, 2.24) is 20.4 Å². The van der Waals surface area contributed by atoms with Crippen molar-refractivity contribution in [2.75, 3.05) is 60.0 Å². The largest absolute Gasteiger partial charge is 0.497 e. The first kappa shape index (κ1) is 28.3. The van der Waals surface area contributed by atoms with Crippen molar-refractivity contribution < 1.29 is 14.3 Å². The molecule has 0 bridgehead atoms. The number of halogens is 1. The molecule has 1 aromatic carbocycles. The molecule has 32 heavy (non-hydrogen) atoms. The van der Waals surface area contributed by atoms with Gasteiger partial charge in [-0.25, -0.2) is 4.79 Å². The van der Waals surface area contributed by atoms with Crippen molar-refractivity contribution in [2.45, 2.75) is 39.2 Å². The average molecular weight is 562 g/mol. The lowest BCUT2D eigenvalue weighted by atomic mass is 10.1. The molecule has 1 amide bonds. The maximum atomic E-state index is 12.1. The highest BCUT2D eigenvalue weighted by Crippen LogP contribution is 2.12. The number of benzene rings is 1. The molecular weight excluding hydrogens is 521 g/mol. The van der Waals surface area contributed by atoms with Gasteiger partial charge in [0.2, 0.25) is 0 Å². The minimum atomic E-state index is -0.443. The van der Waals surface area contributed by atoms with E-state index in [0.29, 0.717) is 0 Å². The van der Waals surface area contributed by atoms with Crippen LogP contribution in [-0.4, -0.2) is 87.4 Å². The fourth-order valence-corrected chi connectivity index (χ4v) is 3.33. The van der Waals surface area contributed by atoms with Crippen LogP contribution in [0.15, 0.2) is 29.3 Å². The van der Waals surface area contributed by atoms with E-state index < -0.39 is 5.60 Å². The molecule has 0 aliphatic carbocycles. The quantitative estimate of drug-likeness (QED) is 0.220. The Morgan fingerprint density at radius 3 is 2.25 bits per heavy atom. The van der Waals surface area contributed by atoms with Gasteiger partial charge in [0.25, 0.3) is 0 Å². The summed E-state index contributed by atoms with van der Waals surface area (Å²) in [5.74, 6) is 1.70. The molecule has 0 spiro atoms. The molecule has 0 saturated carbocycles. The van der Waals surface area contributed by atoms with Gasteiger partial charge in [0.1, 0.15) is 11.4 Å². The fraction of sp³-hybridized carbons (Fsp3) is 0.652. The van der Waals surface area contributed by atoms with Gasteiger partial charge in [-0.3, -0.25) is 9.89 Å². The van der Waals surface area contributed by atoms with Gasteiger partial charge in [-0.05, 0) is 57.9 Å². The zero-order valence-electron chi connectivity index (χ0n) is 20.1. The van der Waals surface area contributed by atoms with Gasteiger partial charge < -0.3 is 25.0 Å². The van der Waals surface area contributed by atoms with Crippen molar-refractivity contribution >= 4 is 36.0 Å². The molecule has 1 aliphatic heterocycles. The SMILES string of the molecule is CN=C(NCCCN1CCN(C(=O)OC(C)(C)C)CC1)NCCc1ccc(OC)cc1.I. The molecule has 1 aromatic rings. The van der Waals surface area contributed by atoms with Crippen LogP contribution >= 0.6 is 24.0 Å². The van der Waals surface area contributed by atoms with Crippen LogP contribution < -0.4 is 15.4 Å². The van der Waals surface area contributed by atoms with E-state index in [-0.39, 0.29) is 30.1 Å². The predicted molar refractivity (Wildman–Crippen MR) is 140 cm³/mol. The summed E-state index contributed by atoms with van der Waals surface area (Å²) in [5, 5.41) is 6.73. The molecule has 0 aromatic heterocycles. The van der Waals surface area contributed by atoms with Crippen LogP contribution in [0, 0.1) is 0 Å². The summed E-state index contributed by atoms with van der Waals surface area (Å²) >= 11 is 0. The molecule has 2 N–H and O–H groups in total. The zero-order chi connectivity index (χ0) is 22.7. The number of hydrogen-bond donors (Lipinski definition) is 2. The number of aliphatic imine (C=N–C) groups is 1. The maximum absolute atomic E-state index is 12.1. The van der Waals surface area contributed by atoms with Crippen molar-refractivity contribution in [2.24, 2.45) is 4.99 Å². The first-order valence-electron chi connectivity index (χ1n) is 11.1. The lowest BCUT2D eigenvalue weighted by molar-refractivity contribution is 0.0145.